The smallest absolute Gasteiger partial charge is 0 e. The number of hydrogen-bond donors (Lipinski definition) is 0. The van der Waals surface area contributed by atoms with E-state index in [-0.39, 0.29) is 14.3 Å². The molecule has 0 bridgehead atoms. The SMILES string of the molecule is [3H]C[CH2-].[CH3-].[Lr]. The maximum absolute atomic E-state index is 6.10. The molecule has 0 saturated carbocycles. The van der Waals surface area contributed by atoms with Crippen LogP contribution in [0.2, 0.25) is 0 Å². The van der Waals surface area contributed by atoms with Crippen LogP contribution < -0.4 is 0 Å². The molecule has 37 valence electrons. The largest absolute Gasteiger partial charge is 0.358 e. The van der Waals surface area contributed by atoms with Gasteiger partial charge in [-0.05, 0) is 1.37 Å². The van der Waals surface area contributed by atoms with Gasteiger partial charge in [0.2, 0.25) is 0 Å². The zero-order valence-corrected chi connectivity index (χ0v) is 4.82. The molecule has 0 amide bonds. The Bertz CT molecular complexity index is 6.85. The van der Waals surface area contributed by atoms with Crippen LogP contribution in [0.5, 0.6) is 0 Å². The summed E-state index contributed by atoms with van der Waals surface area (Å²) in [6.45, 7) is 3.40. The van der Waals surface area contributed by atoms with E-state index in [1.54, 1.807) is 0 Å². The summed E-state index contributed by atoms with van der Waals surface area (Å²) in [7, 11) is 0. The summed E-state index contributed by atoms with van der Waals surface area (Å²) in [6, 6.07) is 0. The Morgan fingerprint density at radius 3 is 2.00 bits per heavy atom. The fraction of sp³-hybridized carbons (Fsp3) is 0.333. The zero-order chi connectivity index (χ0) is 2.71. The van der Waals surface area contributed by atoms with Crippen molar-refractivity contribution in [2.75, 3.05) is 0 Å². The Hall–Kier alpha value is -1.00. The molecule has 0 fully saturated rings. The average Bonchev–Trinajstić information content (AvgIpc) is 0.918. The first-order chi connectivity index (χ1) is 1.41. The van der Waals surface area contributed by atoms with Crippen LogP contribution in [-0.2, 0) is 0 Å². The molecule has 0 saturated heterocycles. The van der Waals surface area contributed by atoms with E-state index in [9.17, 15) is 0 Å². The normalized spacial score (nSPS) is 4.75. The molecule has 0 aromatic rings. The zero-order valence-electron chi connectivity index (χ0n) is 3.67. The summed E-state index contributed by atoms with van der Waals surface area (Å²) in [5.41, 5.74) is 0. The van der Waals surface area contributed by atoms with E-state index in [4.69, 9.17) is 1.37 Å². The Morgan fingerprint density at radius 2 is 2.00 bits per heavy atom. The van der Waals surface area contributed by atoms with Crippen molar-refractivity contribution in [3.05, 3.63) is 14.4 Å². The van der Waals surface area contributed by atoms with Crippen LogP contribution in [0.4, 0.5) is 0 Å². The van der Waals surface area contributed by atoms with E-state index in [0.717, 1.165) is 0 Å². The van der Waals surface area contributed by atoms with E-state index in [1.807, 2.05) is 0 Å². The first-order valence-electron chi connectivity index (χ1n) is 1.21. The van der Waals surface area contributed by atoms with Crippen molar-refractivity contribution in [2.24, 2.45) is 0 Å². The van der Waals surface area contributed by atoms with E-state index in [0.29, 0.717) is 0 Å². The van der Waals surface area contributed by atoms with Crippen molar-refractivity contribution in [3.63, 3.8) is 0 Å². The number of hydrogen-bond acceptors (Lipinski definition) is 0. The van der Waals surface area contributed by atoms with Crippen LogP contribution in [0.15, 0.2) is 0 Å². The molecule has 0 N–H and O–H groups in total. The second-order valence-corrected chi connectivity index (χ2v) is 0. The molecule has 1 radical (unpaired) electrons. The van der Waals surface area contributed by atoms with Gasteiger partial charge in [0, 0.05) is 0 Å². The van der Waals surface area contributed by atoms with Crippen LogP contribution in [0.3, 0.4) is 0 Å². The van der Waals surface area contributed by atoms with E-state index >= 15 is 0 Å². The summed E-state index contributed by atoms with van der Waals surface area (Å²) in [6.07, 6.45) is 0. The minimum Gasteiger partial charge on any atom is -0.358 e. The second kappa shape index (κ2) is 2.00. The quantitative estimate of drug-likeness (QED) is 0.592. The fourth-order valence-corrected chi connectivity index (χ4v) is 0. The molecule has 0 nitrogen and oxygen atoms in total. The first kappa shape index (κ1) is 12.0. The van der Waals surface area contributed by atoms with Gasteiger partial charge in [-0.25, -0.2) is 0 Å². The van der Waals surface area contributed by atoms with Gasteiger partial charge in [0.25, 0.3) is 0 Å². The van der Waals surface area contributed by atoms with Crippen molar-refractivity contribution in [1.29, 1.82) is 0 Å². The summed E-state index contributed by atoms with van der Waals surface area (Å²) in [5.74, 6) is 0. The minimum absolute atomic E-state index is 0. The van der Waals surface area contributed by atoms with Gasteiger partial charge >= 0.3 is 0 Å². The molecule has 0 heterocycles. The summed E-state index contributed by atoms with van der Waals surface area (Å²) < 4.78 is 6.10. The molecule has 0 aliphatic carbocycles. The third kappa shape index (κ3) is 0. The Balaban J connectivity index is -0.0000000200. The monoisotopic (exact) mass is 308 g/mol. The summed E-state index contributed by atoms with van der Waals surface area (Å²) >= 11 is 0. The van der Waals surface area contributed by atoms with Gasteiger partial charge in [-0.3, -0.25) is 0 Å². The molecule has 0 rings (SSSR count). The van der Waals surface area contributed by atoms with Crippen LogP contribution in [0.25, 0.3) is 0 Å². The predicted molar refractivity (Wildman–Crippen MR) is 17.4 cm³/mol. The van der Waals surface area contributed by atoms with Gasteiger partial charge in [-0.2, -0.15) is 6.90 Å². The molecular formula is C3H8Lr-2. The summed E-state index contributed by atoms with van der Waals surface area (Å²) in [5, 5.41) is 0. The van der Waals surface area contributed by atoms with Crippen LogP contribution in [-0.4, -0.2) is 0 Å². The van der Waals surface area contributed by atoms with Crippen molar-refractivity contribution in [2.45, 2.75) is 6.90 Å². The Kier molecular flexibility index (Phi) is 6.00. The topological polar surface area (TPSA) is 0 Å². The molecule has 0 aromatic heterocycles. The molecule has 0 aromatic carbocycles. The molecule has 0 aliphatic heterocycles. The second-order valence-electron chi connectivity index (χ2n) is 0. The Morgan fingerprint density at radius 1 is 2.00 bits per heavy atom. The summed E-state index contributed by atoms with van der Waals surface area (Å²) in [4.78, 5) is 0. The predicted octanol–water partition coefficient (Wildman–Crippen LogP) is 1.29. The molecule has 0 unspecified atom stereocenters. The Labute approximate surface area is 23.9 Å². The molecule has 0 aliphatic rings. The van der Waals surface area contributed by atoms with Crippen LogP contribution >= 0.6 is 0 Å². The first-order valence-corrected chi connectivity index (χ1v) is 0.500. The third-order valence-electron chi connectivity index (χ3n) is 0. The van der Waals surface area contributed by atoms with Gasteiger partial charge in [-0.15, -0.1) is 0 Å². The maximum Gasteiger partial charge on any atom is 0 e. The van der Waals surface area contributed by atoms with E-state index in [2.05, 4.69) is 6.92 Å². The molecule has 1 heteroatoms. The molecule has 4 heavy (non-hydrogen) atoms. The van der Waals surface area contributed by atoms with Gasteiger partial charge in [0.15, 0.2) is 0 Å². The van der Waals surface area contributed by atoms with E-state index in [1.165, 1.54) is 0 Å². The van der Waals surface area contributed by atoms with Crippen molar-refractivity contribution >= 4 is 0 Å². The van der Waals surface area contributed by atoms with Crippen molar-refractivity contribution in [3.8, 4) is 0 Å². The van der Waals surface area contributed by atoms with Gasteiger partial charge in [0.05, 0.1) is 0 Å². The van der Waals surface area contributed by atoms with Crippen LogP contribution in [0.1, 0.15) is 8.27 Å². The molecule has 0 spiro atoms. The van der Waals surface area contributed by atoms with Crippen LogP contribution in [0, 0.1) is 14.4 Å². The maximum atomic E-state index is 6.10. The van der Waals surface area contributed by atoms with Crippen molar-refractivity contribution in [1.82, 2.24) is 0 Å². The third-order valence-corrected chi connectivity index (χ3v) is 0. The van der Waals surface area contributed by atoms with Gasteiger partial charge in [0.1, 0.15) is 0 Å². The average molecular weight is 308 g/mol. The fourth-order valence-electron chi connectivity index (χ4n) is 0. The van der Waals surface area contributed by atoms with E-state index < -0.39 is 0 Å². The van der Waals surface area contributed by atoms with Gasteiger partial charge < -0.3 is 14.4 Å². The van der Waals surface area contributed by atoms with Gasteiger partial charge in [-0.1, -0.05) is 0 Å². The molecule has 0 atom stereocenters. The standard InChI is InChI=1S/C2H5.CH3.Lr/c1-2;;/h1H2,2H3;1H3;/q2*-1;/i2T;;. The number of rotatable bonds is 0. The molecular weight excluding hydrogens is 298 g/mol. The van der Waals surface area contributed by atoms with Crippen molar-refractivity contribution < 1.29 is 1.37 Å². The minimum atomic E-state index is 0.